The number of aliphatic carboxylic acids is 1. The summed E-state index contributed by atoms with van der Waals surface area (Å²) in [6, 6.07) is 14.5. The zero-order valence-corrected chi connectivity index (χ0v) is 19.1. The lowest BCUT2D eigenvalue weighted by molar-refractivity contribution is -0.143. The summed E-state index contributed by atoms with van der Waals surface area (Å²) in [4.78, 5) is 28.4. The SMILES string of the molecule is CCOC(=O)Cn1cc(/C=C(\Sc2n[nH]c(-c3ccc(Cl)cc3)n2)C(=O)O)c2ccccc21. The van der Waals surface area contributed by atoms with Crippen LogP contribution in [0.15, 0.2) is 64.8 Å². The van der Waals surface area contributed by atoms with E-state index in [-0.39, 0.29) is 22.6 Å². The van der Waals surface area contributed by atoms with Crippen molar-refractivity contribution in [3.8, 4) is 11.4 Å². The number of carbonyl (C=O) groups is 2. The Balaban J connectivity index is 1.64. The molecule has 2 aromatic heterocycles. The molecule has 0 radical (unpaired) electrons. The van der Waals surface area contributed by atoms with Crippen LogP contribution in [-0.2, 0) is 20.9 Å². The van der Waals surface area contributed by atoms with Gasteiger partial charge in [-0.2, -0.15) is 0 Å². The second-order valence-electron chi connectivity index (χ2n) is 6.92. The number of esters is 1. The average molecular weight is 483 g/mol. The monoisotopic (exact) mass is 482 g/mol. The van der Waals surface area contributed by atoms with Gasteiger partial charge in [0.25, 0.3) is 0 Å². The van der Waals surface area contributed by atoms with Crippen LogP contribution in [-0.4, -0.2) is 43.4 Å². The summed E-state index contributed by atoms with van der Waals surface area (Å²) in [5.41, 5.74) is 2.24. The van der Waals surface area contributed by atoms with Gasteiger partial charge in [-0.3, -0.25) is 9.89 Å². The Kier molecular flexibility index (Phi) is 6.81. The molecule has 0 fully saturated rings. The third-order valence-electron chi connectivity index (χ3n) is 4.71. The Labute approximate surface area is 198 Å². The number of aromatic amines is 1. The Hall–Kier alpha value is -3.56. The molecule has 0 aliphatic rings. The third-order valence-corrected chi connectivity index (χ3v) is 5.83. The van der Waals surface area contributed by atoms with Crippen LogP contribution in [0.5, 0.6) is 0 Å². The van der Waals surface area contributed by atoms with E-state index >= 15 is 0 Å². The number of H-pyrrole nitrogens is 1. The van der Waals surface area contributed by atoms with Crippen LogP contribution in [0, 0.1) is 0 Å². The lowest BCUT2D eigenvalue weighted by Crippen LogP contribution is -2.12. The minimum absolute atomic E-state index is 0.0309. The van der Waals surface area contributed by atoms with E-state index in [4.69, 9.17) is 16.3 Å². The van der Waals surface area contributed by atoms with E-state index in [0.717, 1.165) is 28.2 Å². The van der Waals surface area contributed by atoms with E-state index in [9.17, 15) is 14.7 Å². The maximum Gasteiger partial charge on any atom is 0.342 e. The molecule has 0 saturated heterocycles. The van der Waals surface area contributed by atoms with Gasteiger partial charge in [-0.1, -0.05) is 29.8 Å². The van der Waals surface area contributed by atoms with Crippen LogP contribution in [0.1, 0.15) is 12.5 Å². The summed E-state index contributed by atoms with van der Waals surface area (Å²) in [7, 11) is 0. The fraction of sp³-hybridized carbons (Fsp3) is 0.130. The molecule has 2 aromatic carbocycles. The molecule has 0 aliphatic heterocycles. The summed E-state index contributed by atoms with van der Waals surface area (Å²) in [6.07, 6.45) is 3.29. The highest BCUT2D eigenvalue weighted by atomic mass is 35.5. The van der Waals surface area contributed by atoms with Crippen molar-refractivity contribution >= 4 is 52.3 Å². The number of benzene rings is 2. The molecular weight excluding hydrogens is 464 g/mol. The van der Waals surface area contributed by atoms with Gasteiger partial charge in [-0.05, 0) is 55.1 Å². The highest BCUT2D eigenvalue weighted by Gasteiger charge is 2.17. The van der Waals surface area contributed by atoms with E-state index in [1.54, 1.807) is 48.0 Å². The number of hydrogen-bond acceptors (Lipinski definition) is 6. The summed E-state index contributed by atoms with van der Waals surface area (Å²) in [5.74, 6) is -0.970. The van der Waals surface area contributed by atoms with E-state index in [1.807, 2.05) is 24.3 Å². The number of nitrogens with one attached hydrogen (secondary N) is 1. The molecule has 0 amide bonds. The van der Waals surface area contributed by atoms with Crippen molar-refractivity contribution in [3.05, 3.63) is 70.2 Å². The number of aromatic nitrogens is 4. The smallest absolute Gasteiger partial charge is 0.342 e. The second kappa shape index (κ2) is 9.93. The predicted octanol–water partition coefficient (Wildman–Crippen LogP) is 4.86. The number of carboxylic acid groups (broad SMARTS) is 1. The summed E-state index contributed by atoms with van der Waals surface area (Å²) >= 11 is 6.85. The molecule has 0 unspecified atom stereocenters. The van der Waals surface area contributed by atoms with Crippen molar-refractivity contribution in [3.63, 3.8) is 0 Å². The highest BCUT2D eigenvalue weighted by Crippen LogP contribution is 2.30. The van der Waals surface area contributed by atoms with Gasteiger partial charge in [0, 0.05) is 33.2 Å². The second-order valence-corrected chi connectivity index (χ2v) is 8.37. The first kappa shape index (κ1) is 22.6. The average Bonchev–Trinajstić information content (AvgIpc) is 3.39. The molecule has 8 nitrogen and oxygen atoms in total. The normalized spacial score (nSPS) is 11.6. The molecule has 0 spiro atoms. The van der Waals surface area contributed by atoms with Crippen LogP contribution in [0.25, 0.3) is 28.4 Å². The number of halogens is 1. The summed E-state index contributed by atoms with van der Waals surface area (Å²) in [6.45, 7) is 2.07. The number of para-hydroxylation sites is 1. The number of ether oxygens (including phenoxy) is 1. The van der Waals surface area contributed by atoms with Crippen molar-refractivity contribution in [1.29, 1.82) is 0 Å². The van der Waals surface area contributed by atoms with Crippen molar-refractivity contribution in [1.82, 2.24) is 19.7 Å². The minimum atomic E-state index is -1.11. The van der Waals surface area contributed by atoms with Gasteiger partial charge in [0.15, 0.2) is 5.82 Å². The zero-order valence-electron chi connectivity index (χ0n) is 17.5. The first-order chi connectivity index (χ1) is 15.9. The Morgan fingerprint density at radius 3 is 2.70 bits per heavy atom. The molecule has 33 heavy (non-hydrogen) atoms. The van der Waals surface area contributed by atoms with E-state index in [0.29, 0.717) is 23.0 Å². The summed E-state index contributed by atoms with van der Waals surface area (Å²) in [5, 5.41) is 18.4. The zero-order chi connectivity index (χ0) is 23.4. The quantitative estimate of drug-likeness (QED) is 0.209. The first-order valence-electron chi connectivity index (χ1n) is 9.99. The molecule has 4 aromatic rings. The van der Waals surface area contributed by atoms with Crippen molar-refractivity contribution < 1.29 is 19.4 Å². The lowest BCUT2D eigenvalue weighted by Gasteiger charge is -2.04. The van der Waals surface area contributed by atoms with Gasteiger partial charge < -0.3 is 14.4 Å². The Bertz CT molecular complexity index is 1340. The van der Waals surface area contributed by atoms with Crippen molar-refractivity contribution in [2.45, 2.75) is 18.6 Å². The predicted molar refractivity (Wildman–Crippen MR) is 127 cm³/mol. The van der Waals surface area contributed by atoms with Crippen LogP contribution in [0.4, 0.5) is 0 Å². The minimum Gasteiger partial charge on any atom is -0.477 e. The number of hydrogen-bond donors (Lipinski definition) is 2. The molecule has 0 aliphatic carbocycles. The fourth-order valence-electron chi connectivity index (χ4n) is 3.27. The Morgan fingerprint density at radius 2 is 1.97 bits per heavy atom. The molecule has 168 valence electrons. The number of thioether (sulfide) groups is 1. The van der Waals surface area contributed by atoms with Gasteiger partial charge in [0.2, 0.25) is 5.16 Å². The lowest BCUT2D eigenvalue weighted by atomic mass is 10.1. The number of carbonyl (C=O) groups excluding carboxylic acids is 1. The molecule has 2 N–H and O–H groups in total. The Morgan fingerprint density at radius 1 is 1.21 bits per heavy atom. The van der Waals surface area contributed by atoms with E-state index in [1.165, 1.54) is 0 Å². The highest BCUT2D eigenvalue weighted by molar-refractivity contribution is 8.04. The maximum absolute atomic E-state index is 12.0. The number of carboxylic acids is 1. The van der Waals surface area contributed by atoms with Gasteiger partial charge in [-0.25, -0.2) is 9.78 Å². The molecular formula is C23H19ClN4O4S. The van der Waals surface area contributed by atoms with E-state index in [2.05, 4.69) is 15.2 Å². The van der Waals surface area contributed by atoms with Crippen LogP contribution in [0.2, 0.25) is 5.02 Å². The van der Waals surface area contributed by atoms with Gasteiger partial charge in [0.1, 0.15) is 11.4 Å². The number of rotatable bonds is 8. The van der Waals surface area contributed by atoms with Crippen LogP contribution < -0.4 is 0 Å². The molecule has 0 atom stereocenters. The molecule has 0 bridgehead atoms. The van der Waals surface area contributed by atoms with Crippen LogP contribution >= 0.6 is 23.4 Å². The largest absolute Gasteiger partial charge is 0.477 e. The fourth-order valence-corrected chi connectivity index (χ4v) is 4.09. The topological polar surface area (TPSA) is 110 Å². The van der Waals surface area contributed by atoms with Crippen LogP contribution in [0.3, 0.4) is 0 Å². The van der Waals surface area contributed by atoms with Gasteiger partial charge >= 0.3 is 11.9 Å². The molecule has 0 saturated carbocycles. The standard InChI is InChI=1S/C23H19ClN4O4S/c1-2-32-20(29)13-28-12-15(17-5-3-4-6-18(17)28)11-19(22(30)31)33-23-25-21(26-27-23)14-7-9-16(24)10-8-14/h3-12H,2,13H2,1H3,(H,30,31)(H,25,26,27)/b19-11-. The number of nitrogens with zero attached hydrogens (tertiary/aromatic N) is 3. The molecule has 10 heteroatoms. The van der Waals surface area contributed by atoms with Gasteiger partial charge in [0.05, 0.1) is 6.61 Å². The number of fused-ring (bicyclic) bond motifs is 1. The van der Waals surface area contributed by atoms with Gasteiger partial charge in [-0.15, -0.1) is 5.10 Å². The first-order valence-corrected chi connectivity index (χ1v) is 11.2. The van der Waals surface area contributed by atoms with Crippen molar-refractivity contribution in [2.75, 3.05) is 6.61 Å². The molecule has 2 heterocycles. The van der Waals surface area contributed by atoms with Crippen molar-refractivity contribution in [2.24, 2.45) is 0 Å². The van der Waals surface area contributed by atoms with E-state index < -0.39 is 5.97 Å². The molecule has 4 rings (SSSR count). The summed E-state index contributed by atoms with van der Waals surface area (Å²) < 4.78 is 6.79. The third kappa shape index (κ3) is 5.27. The maximum atomic E-state index is 12.0.